The highest BCUT2D eigenvalue weighted by atomic mass is 16.1. The Morgan fingerprint density at radius 3 is 2.24 bits per heavy atom. The quantitative estimate of drug-likeness (QED) is 0.731. The standard InChI is InChI=1S/C15H27NO/c1-12-8-10-15(11-9-12,16(2)3)14(17)7-6-13-4-5-13/h12-13H,4-11H2,1-3H3. The average Bonchev–Trinajstić information content (AvgIpc) is 3.10. The molecule has 0 bridgehead atoms. The van der Waals surface area contributed by atoms with Gasteiger partial charge in [-0.05, 0) is 58.0 Å². The number of likely N-dealkylation sites (N-methyl/N-ethyl adjacent to an activating group) is 1. The van der Waals surface area contributed by atoms with Crippen LogP contribution in [0.15, 0.2) is 0 Å². The van der Waals surface area contributed by atoms with E-state index in [1.54, 1.807) is 0 Å². The molecule has 0 amide bonds. The summed E-state index contributed by atoms with van der Waals surface area (Å²) in [6.07, 6.45) is 9.26. The molecule has 2 fully saturated rings. The largest absolute Gasteiger partial charge is 0.298 e. The predicted molar refractivity (Wildman–Crippen MR) is 71.0 cm³/mol. The summed E-state index contributed by atoms with van der Waals surface area (Å²) in [6.45, 7) is 2.31. The third kappa shape index (κ3) is 2.90. The molecule has 2 heteroatoms. The molecule has 0 unspecified atom stereocenters. The van der Waals surface area contributed by atoms with Crippen molar-refractivity contribution >= 4 is 5.78 Å². The van der Waals surface area contributed by atoms with E-state index in [0.717, 1.165) is 37.5 Å². The van der Waals surface area contributed by atoms with Crippen LogP contribution in [0.5, 0.6) is 0 Å². The lowest BCUT2D eigenvalue weighted by Gasteiger charge is -2.43. The van der Waals surface area contributed by atoms with Crippen LogP contribution in [0.4, 0.5) is 0 Å². The van der Waals surface area contributed by atoms with Gasteiger partial charge in [0.25, 0.3) is 0 Å². The summed E-state index contributed by atoms with van der Waals surface area (Å²) in [5, 5.41) is 0. The van der Waals surface area contributed by atoms with Gasteiger partial charge in [0.2, 0.25) is 0 Å². The molecular formula is C15H27NO. The highest BCUT2D eigenvalue weighted by Crippen LogP contribution is 2.39. The van der Waals surface area contributed by atoms with Crippen LogP contribution in [0.1, 0.15) is 58.3 Å². The van der Waals surface area contributed by atoms with Crippen LogP contribution < -0.4 is 0 Å². The van der Waals surface area contributed by atoms with Crippen molar-refractivity contribution in [2.75, 3.05) is 14.1 Å². The minimum absolute atomic E-state index is 0.124. The zero-order valence-electron chi connectivity index (χ0n) is 11.7. The Balaban J connectivity index is 1.96. The van der Waals surface area contributed by atoms with Crippen molar-refractivity contribution in [3.8, 4) is 0 Å². The van der Waals surface area contributed by atoms with E-state index in [1.807, 2.05) is 0 Å². The summed E-state index contributed by atoms with van der Waals surface area (Å²) in [5.74, 6) is 2.20. The number of carbonyl (C=O) groups is 1. The molecule has 2 nitrogen and oxygen atoms in total. The van der Waals surface area contributed by atoms with Crippen molar-refractivity contribution in [2.45, 2.75) is 63.8 Å². The van der Waals surface area contributed by atoms with Crippen molar-refractivity contribution in [2.24, 2.45) is 11.8 Å². The first-order valence-electron chi connectivity index (χ1n) is 7.25. The first kappa shape index (κ1) is 13.1. The Kier molecular flexibility index (Phi) is 3.92. The number of hydrogen-bond donors (Lipinski definition) is 0. The fourth-order valence-corrected chi connectivity index (χ4v) is 3.19. The minimum Gasteiger partial charge on any atom is -0.298 e. The summed E-state index contributed by atoms with van der Waals surface area (Å²) < 4.78 is 0. The molecule has 2 aliphatic rings. The molecule has 98 valence electrons. The van der Waals surface area contributed by atoms with E-state index in [1.165, 1.54) is 25.7 Å². The summed E-state index contributed by atoms with van der Waals surface area (Å²) in [6, 6.07) is 0. The molecule has 0 spiro atoms. The van der Waals surface area contributed by atoms with Crippen LogP contribution in [0.25, 0.3) is 0 Å². The molecule has 0 heterocycles. The highest BCUT2D eigenvalue weighted by Gasteiger charge is 2.42. The van der Waals surface area contributed by atoms with Crippen LogP contribution in [-0.4, -0.2) is 30.3 Å². The maximum absolute atomic E-state index is 12.6. The lowest BCUT2D eigenvalue weighted by atomic mass is 9.73. The van der Waals surface area contributed by atoms with E-state index in [4.69, 9.17) is 0 Å². The Morgan fingerprint density at radius 2 is 1.76 bits per heavy atom. The number of rotatable bonds is 5. The number of nitrogens with zero attached hydrogens (tertiary/aromatic N) is 1. The highest BCUT2D eigenvalue weighted by molar-refractivity contribution is 5.88. The smallest absolute Gasteiger partial charge is 0.153 e. The van der Waals surface area contributed by atoms with Gasteiger partial charge in [-0.1, -0.05) is 19.8 Å². The zero-order valence-corrected chi connectivity index (χ0v) is 11.7. The third-order valence-corrected chi connectivity index (χ3v) is 4.95. The topological polar surface area (TPSA) is 20.3 Å². The van der Waals surface area contributed by atoms with Crippen LogP contribution in [0.2, 0.25) is 0 Å². The molecule has 0 aromatic rings. The molecule has 0 radical (unpaired) electrons. The Morgan fingerprint density at radius 1 is 1.18 bits per heavy atom. The first-order valence-corrected chi connectivity index (χ1v) is 7.25. The van der Waals surface area contributed by atoms with E-state index in [9.17, 15) is 4.79 Å². The average molecular weight is 237 g/mol. The van der Waals surface area contributed by atoms with Crippen LogP contribution in [-0.2, 0) is 4.79 Å². The number of carbonyl (C=O) groups excluding carboxylic acids is 1. The van der Waals surface area contributed by atoms with Crippen molar-refractivity contribution in [1.82, 2.24) is 4.90 Å². The molecule has 2 aliphatic carbocycles. The van der Waals surface area contributed by atoms with Crippen molar-refractivity contribution in [1.29, 1.82) is 0 Å². The molecule has 2 saturated carbocycles. The molecule has 0 aliphatic heterocycles. The van der Waals surface area contributed by atoms with Gasteiger partial charge < -0.3 is 0 Å². The van der Waals surface area contributed by atoms with Crippen LogP contribution in [0.3, 0.4) is 0 Å². The lowest BCUT2D eigenvalue weighted by molar-refractivity contribution is -0.132. The Hall–Kier alpha value is -0.370. The summed E-state index contributed by atoms with van der Waals surface area (Å²) >= 11 is 0. The Bertz CT molecular complexity index is 273. The first-order chi connectivity index (χ1) is 8.04. The molecule has 0 saturated heterocycles. The molecular weight excluding hydrogens is 210 g/mol. The second kappa shape index (κ2) is 5.09. The van der Waals surface area contributed by atoms with E-state index in [2.05, 4.69) is 25.9 Å². The van der Waals surface area contributed by atoms with E-state index < -0.39 is 0 Å². The van der Waals surface area contributed by atoms with Crippen molar-refractivity contribution < 1.29 is 4.79 Å². The van der Waals surface area contributed by atoms with Gasteiger partial charge in [0.15, 0.2) is 5.78 Å². The van der Waals surface area contributed by atoms with E-state index in [0.29, 0.717) is 5.78 Å². The summed E-state index contributed by atoms with van der Waals surface area (Å²) in [4.78, 5) is 14.8. The number of hydrogen-bond acceptors (Lipinski definition) is 2. The fraction of sp³-hybridized carbons (Fsp3) is 0.933. The maximum Gasteiger partial charge on any atom is 0.153 e. The van der Waals surface area contributed by atoms with Gasteiger partial charge in [-0.3, -0.25) is 9.69 Å². The normalized spacial score (nSPS) is 34.0. The van der Waals surface area contributed by atoms with Gasteiger partial charge in [0.1, 0.15) is 0 Å². The van der Waals surface area contributed by atoms with E-state index >= 15 is 0 Å². The third-order valence-electron chi connectivity index (χ3n) is 4.95. The fourth-order valence-electron chi connectivity index (χ4n) is 3.19. The van der Waals surface area contributed by atoms with E-state index in [-0.39, 0.29) is 5.54 Å². The molecule has 0 aromatic carbocycles. The minimum atomic E-state index is -0.124. The van der Waals surface area contributed by atoms with Gasteiger partial charge in [-0.2, -0.15) is 0 Å². The molecule has 17 heavy (non-hydrogen) atoms. The number of Topliss-reactive ketones (excluding diaryl/α,β-unsaturated/α-hetero) is 1. The van der Waals surface area contributed by atoms with Crippen LogP contribution in [0, 0.1) is 11.8 Å². The van der Waals surface area contributed by atoms with Crippen molar-refractivity contribution in [3.63, 3.8) is 0 Å². The second-order valence-corrected chi connectivity index (χ2v) is 6.51. The van der Waals surface area contributed by atoms with Gasteiger partial charge in [0.05, 0.1) is 5.54 Å². The molecule has 0 N–H and O–H groups in total. The maximum atomic E-state index is 12.6. The zero-order chi connectivity index (χ0) is 12.5. The monoisotopic (exact) mass is 237 g/mol. The molecule has 0 atom stereocenters. The Labute approximate surface area is 106 Å². The predicted octanol–water partition coefficient (Wildman–Crippen LogP) is 3.26. The summed E-state index contributed by atoms with van der Waals surface area (Å²) in [7, 11) is 4.18. The van der Waals surface area contributed by atoms with Gasteiger partial charge in [-0.25, -0.2) is 0 Å². The van der Waals surface area contributed by atoms with Gasteiger partial charge in [0, 0.05) is 6.42 Å². The van der Waals surface area contributed by atoms with Crippen molar-refractivity contribution in [3.05, 3.63) is 0 Å². The second-order valence-electron chi connectivity index (χ2n) is 6.51. The lowest BCUT2D eigenvalue weighted by Crippen LogP contribution is -2.53. The SMILES string of the molecule is CC1CCC(C(=O)CCC2CC2)(N(C)C)CC1. The molecule has 2 rings (SSSR count). The van der Waals surface area contributed by atoms with Crippen LogP contribution >= 0.6 is 0 Å². The van der Waals surface area contributed by atoms with Gasteiger partial charge >= 0.3 is 0 Å². The summed E-state index contributed by atoms with van der Waals surface area (Å²) in [5.41, 5.74) is -0.124. The van der Waals surface area contributed by atoms with Gasteiger partial charge in [-0.15, -0.1) is 0 Å². The number of ketones is 1. The molecule has 0 aromatic heterocycles.